The minimum Gasteiger partial charge on any atom is -0.464 e. The van der Waals surface area contributed by atoms with Gasteiger partial charge in [0.05, 0.1) is 11.6 Å². The van der Waals surface area contributed by atoms with Crippen LogP contribution in [0.25, 0.3) is 5.65 Å². The molecule has 0 amide bonds. The second kappa shape index (κ2) is 3.75. The van der Waals surface area contributed by atoms with Crippen LogP contribution >= 0.6 is 15.9 Å². The first-order valence-electron chi connectivity index (χ1n) is 4.36. The first-order valence-corrected chi connectivity index (χ1v) is 5.16. The molecule has 0 fully saturated rings. The molecular weight excluding hydrogens is 278 g/mol. The van der Waals surface area contributed by atoms with E-state index in [2.05, 4.69) is 25.7 Å². The summed E-state index contributed by atoms with van der Waals surface area (Å²) in [6.07, 6.45) is 3.00. The van der Waals surface area contributed by atoms with Crippen molar-refractivity contribution in [2.24, 2.45) is 7.05 Å². The molecule has 0 unspecified atom stereocenters. The number of rotatable bonds is 1. The molecule has 0 N–H and O–H groups in total. The van der Waals surface area contributed by atoms with Gasteiger partial charge in [-0.25, -0.2) is 9.78 Å². The van der Waals surface area contributed by atoms with E-state index in [1.54, 1.807) is 17.6 Å². The molecule has 0 aliphatic carbocycles. The summed E-state index contributed by atoms with van der Waals surface area (Å²) < 4.78 is 7.90. The van der Waals surface area contributed by atoms with Crippen molar-refractivity contribution >= 4 is 27.5 Å². The number of nitrogens with zero attached hydrogens (tertiary/aromatic N) is 3. The fraction of sp³-hybridized carbons (Fsp3) is 0.222. The van der Waals surface area contributed by atoms with E-state index in [-0.39, 0.29) is 11.3 Å². The number of aryl methyl sites for hydroxylation is 1. The largest absolute Gasteiger partial charge is 0.464 e. The predicted octanol–water partition coefficient (Wildman–Crippen LogP) is 0.582. The highest BCUT2D eigenvalue weighted by atomic mass is 79.9. The van der Waals surface area contributed by atoms with Crippen LogP contribution in [0.2, 0.25) is 0 Å². The van der Waals surface area contributed by atoms with E-state index >= 15 is 0 Å². The van der Waals surface area contributed by atoms with Crippen LogP contribution in [-0.4, -0.2) is 27.0 Å². The molecule has 0 radical (unpaired) electrons. The Kier molecular flexibility index (Phi) is 2.55. The van der Waals surface area contributed by atoms with Crippen LogP contribution in [0.3, 0.4) is 0 Å². The fourth-order valence-corrected chi connectivity index (χ4v) is 1.94. The third kappa shape index (κ3) is 1.44. The van der Waals surface area contributed by atoms with E-state index < -0.39 is 5.97 Å². The van der Waals surface area contributed by atoms with Crippen LogP contribution in [0.5, 0.6) is 0 Å². The Hall–Kier alpha value is -1.63. The number of hydrogen-bond acceptors (Lipinski definition) is 4. The van der Waals surface area contributed by atoms with Crippen LogP contribution in [0.4, 0.5) is 0 Å². The van der Waals surface area contributed by atoms with Gasteiger partial charge in [-0.15, -0.1) is 0 Å². The molecule has 0 atom stereocenters. The van der Waals surface area contributed by atoms with Gasteiger partial charge in [-0.1, -0.05) is 0 Å². The van der Waals surface area contributed by atoms with Crippen LogP contribution in [0.1, 0.15) is 10.5 Å². The average molecular weight is 286 g/mol. The quantitative estimate of drug-likeness (QED) is 0.719. The highest BCUT2D eigenvalue weighted by molar-refractivity contribution is 9.10. The molecule has 0 saturated carbocycles. The van der Waals surface area contributed by atoms with Crippen LogP contribution < -0.4 is 5.56 Å². The Bertz CT molecular complexity index is 629. The Balaban J connectivity index is 2.87. The van der Waals surface area contributed by atoms with Gasteiger partial charge in [0.25, 0.3) is 5.56 Å². The van der Waals surface area contributed by atoms with Crippen molar-refractivity contribution in [3.8, 4) is 0 Å². The number of fused-ring (bicyclic) bond motifs is 1. The lowest BCUT2D eigenvalue weighted by atomic mass is 10.4. The molecule has 0 spiro atoms. The number of carbonyl (C=O) groups excluding carboxylic acids is 1. The normalized spacial score (nSPS) is 10.7. The molecule has 16 heavy (non-hydrogen) atoms. The summed E-state index contributed by atoms with van der Waals surface area (Å²) in [6.45, 7) is 0. The molecule has 0 saturated heterocycles. The van der Waals surface area contributed by atoms with E-state index in [1.165, 1.54) is 18.0 Å². The molecule has 0 bridgehead atoms. The van der Waals surface area contributed by atoms with Gasteiger partial charge in [0, 0.05) is 13.2 Å². The standard InChI is InChI=1S/C9H8BrN3O3/c1-12-7-6(9(15)16-2)11-4-13(7)3-5(10)8(12)14/h3-4H,1-2H3. The maximum atomic E-state index is 11.7. The van der Waals surface area contributed by atoms with Crippen molar-refractivity contribution in [3.05, 3.63) is 33.0 Å². The number of esters is 1. The first kappa shape index (κ1) is 10.9. The number of aromatic nitrogens is 3. The van der Waals surface area contributed by atoms with Gasteiger partial charge in [0.1, 0.15) is 6.33 Å². The Morgan fingerprint density at radius 1 is 1.56 bits per heavy atom. The first-order chi connectivity index (χ1) is 7.56. The predicted molar refractivity (Wildman–Crippen MR) is 59.5 cm³/mol. The lowest BCUT2D eigenvalue weighted by molar-refractivity contribution is 0.0596. The lowest BCUT2D eigenvalue weighted by Crippen LogP contribution is -2.21. The van der Waals surface area contributed by atoms with Crippen molar-refractivity contribution in [2.45, 2.75) is 0 Å². The van der Waals surface area contributed by atoms with Crippen LogP contribution in [0, 0.1) is 0 Å². The van der Waals surface area contributed by atoms with Gasteiger partial charge < -0.3 is 4.74 Å². The van der Waals surface area contributed by atoms with E-state index in [9.17, 15) is 9.59 Å². The van der Waals surface area contributed by atoms with Crippen molar-refractivity contribution < 1.29 is 9.53 Å². The average Bonchev–Trinajstić information content (AvgIpc) is 2.68. The third-order valence-corrected chi connectivity index (χ3v) is 2.77. The topological polar surface area (TPSA) is 65.6 Å². The fourth-order valence-electron chi connectivity index (χ4n) is 1.46. The second-order valence-electron chi connectivity index (χ2n) is 3.16. The lowest BCUT2D eigenvalue weighted by Gasteiger charge is -2.04. The zero-order chi connectivity index (χ0) is 11.9. The molecule has 0 aromatic carbocycles. The van der Waals surface area contributed by atoms with Crippen LogP contribution in [-0.2, 0) is 11.8 Å². The van der Waals surface area contributed by atoms with Gasteiger partial charge >= 0.3 is 5.97 Å². The molecule has 2 aromatic heterocycles. The minimum atomic E-state index is -0.570. The number of hydrogen-bond donors (Lipinski definition) is 0. The van der Waals surface area contributed by atoms with E-state index in [1.807, 2.05) is 0 Å². The minimum absolute atomic E-state index is 0.120. The molecule has 2 aromatic rings. The molecular formula is C9H8BrN3O3. The van der Waals surface area contributed by atoms with Crippen molar-refractivity contribution in [1.82, 2.24) is 14.0 Å². The van der Waals surface area contributed by atoms with Crippen molar-refractivity contribution in [3.63, 3.8) is 0 Å². The molecule has 2 rings (SSSR count). The molecule has 6 nitrogen and oxygen atoms in total. The Morgan fingerprint density at radius 3 is 2.88 bits per heavy atom. The summed E-state index contributed by atoms with van der Waals surface area (Å²) in [5.41, 5.74) is 0.285. The highest BCUT2D eigenvalue weighted by Crippen LogP contribution is 2.11. The monoisotopic (exact) mass is 285 g/mol. The van der Waals surface area contributed by atoms with Crippen molar-refractivity contribution in [2.75, 3.05) is 7.11 Å². The summed E-state index contributed by atoms with van der Waals surface area (Å²) in [5.74, 6) is -0.570. The maximum absolute atomic E-state index is 11.7. The molecule has 0 aliphatic rings. The van der Waals surface area contributed by atoms with Crippen LogP contribution in [0.15, 0.2) is 21.8 Å². The number of methoxy groups -OCH3 is 1. The Labute approximate surface area is 98.6 Å². The third-order valence-electron chi connectivity index (χ3n) is 2.23. The SMILES string of the molecule is COC(=O)c1ncn2cc(Br)c(=O)n(C)c12. The molecule has 0 aliphatic heterocycles. The van der Waals surface area contributed by atoms with Gasteiger partial charge in [0.15, 0.2) is 11.3 Å². The molecule has 7 heteroatoms. The Morgan fingerprint density at radius 2 is 2.25 bits per heavy atom. The molecule has 84 valence electrons. The highest BCUT2D eigenvalue weighted by Gasteiger charge is 2.17. The number of halogens is 1. The smallest absolute Gasteiger partial charge is 0.360 e. The summed E-state index contributed by atoms with van der Waals surface area (Å²) >= 11 is 3.13. The number of ether oxygens (including phenoxy) is 1. The van der Waals surface area contributed by atoms with Gasteiger partial charge in [0.2, 0.25) is 0 Å². The second-order valence-corrected chi connectivity index (χ2v) is 4.01. The zero-order valence-electron chi connectivity index (χ0n) is 8.60. The van der Waals surface area contributed by atoms with E-state index in [4.69, 9.17) is 0 Å². The van der Waals surface area contributed by atoms with Gasteiger partial charge in [-0.3, -0.25) is 13.8 Å². The summed E-state index contributed by atoms with van der Waals surface area (Å²) in [7, 11) is 2.83. The maximum Gasteiger partial charge on any atom is 0.360 e. The zero-order valence-corrected chi connectivity index (χ0v) is 10.2. The van der Waals surface area contributed by atoms with Gasteiger partial charge in [-0.2, -0.15) is 0 Å². The van der Waals surface area contributed by atoms with E-state index in [0.29, 0.717) is 10.1 Å². The number of imidazole rings is 1. The van der Waals surface area contributed by atoms with Crippen molar-refractivity contribution in [1.29, 1.82) is 0 Å². The molecule has 2 heterocycles. The van der Waals surface area contributed by atoms with E-state index in [0.717, 1.165) is 0 Å². The summed E-state index contributed by atoms with van der Waals surface area (Å²) in [4.78, 5) is 27.0. The van der Waals surface area contributed by atoms with Gasteiger partial charge in [-0.05, 0) is 15.9 Å². The number of carbonyl (C=O) groups is 1. The summed E-state index contributed by atoms with van der Waals surface area (Å²) in [5, 5.41) is 0. The summed E-state index contributed by atoms with van der Waals surface area (Å²) in [6, 6.07) is 0.